The van der Waals surface area contributed by atoms with Gasteiger partial charge in [0.1, 0.15) is 17.1 Å². The molecule has 3 rings (SSSR count). The highest BCUT2D eigenvalue weighted by molar-refractivity contribution is 5.52. The summed E-state index contributed by atoms with van der Waals surface area (Å²) in [4.78, 5) is 0. The number of aromatic hydroxyl groups is 1. The number of ether oxygens (including phenoxy) is 1. The molecule has 1 aliphatic heterocycles. The summed E-state index contributed by atoms with van der Waals surface area (Å²) in [5.74, 6) is 2.19. The Morgan fingerprint density at radius 2 is 2.00 bits per heavy atom. The molecule has 2 heteroatoms. The van der Waals surface area contributed by atoms with Gasteiger partial charge in [0.25, 0.3) is 0 Å². The number of allylic oxidation sites excluding steroid dienone is 2. The molecule has 0 aromatic heterocycles. The highest BCUT2D eigenvalue weighted by Gasteiger charge is 2.45. The first-order chi connectivity index (χ1) is 11.5. The third-order valence-electron chi connectivity index (χ3n) is 5.97. The summed E-state index contributed by atoms with van der Waals surface area (Å²) in [6.07, 6.45) is 10.3. The molecular formula is C22H32O2. The lowest BCUT2D eigenvalue weighted by Crippen LogP contribution is -2.45. The lowest BCUT2D eigenvalue weighted by atomic mass is 9.66. The first-order valence-corrected chi connectivity index (χ1v) is 9.69. The summed E-state index contributed by atoms with van der Waals surface area (Å²) in [7, 11) is 0. The Balaban J connectivity index is 1.96. The molecule has 0 saturated carbocycles. The largest absolute Gasteiger partial charge is 0.508 e. The summed E-state index contributed by atoms with van der Waals surface area (Å²) in [5, 5.41) is 10.8. The third kappa shape index (κ3) is 3.20. The summed E-state index contributed by atoms with van der Waals surface area (Å²) < 4.78 is 6.40. The Labute approximate surface area is 146 Å². The Bertz CT molecular complexity index is 627. The average molecular weight is 328 g/mol. The van der Waals surface area contributed by atoms with Crippen LogP contribution in [0.5, 0.6) is 11.5 Å². The molecule has 1 N–H and O–H groups in total. The van der Waals surface area contributed by atoms with Crippen molar-refractivity contribution in [1.29, 1.82) is 0 Å². The lowest BCUT2D eigenvalue weighted by molar-refractivity contribution is 0.00731. The van der Waals surface area contributed by atoms with Gasteiger partial charge in [-0.15, -0.1) is 0 Å². The summed E-state index contributed by atoms with van der Waals surface area (Å²) in [5.41, 5.74) is 3.60. The molecule has 1 heterocycles. The standard InChI is InChI=1S/C22H32O2/c1-5-7-8-9-16-13-19(23)21-17-12-15(6-2)10-11-18(17)22(3,4)24-20(21)14-16/h10,13-14,17-18,23H,5-9,11-12H2,1-4H3. The van der Waals surface area contributed by atoms with Gasteiger partial charge in [-0.1, -0.05) is 38.3 Å². The number of aryl methyl sites for hydroxylation is 1. The molecule has 2 nitrogen and oxygen atoms in total. The molecule has 1 aliphatic carbocycles. The first kappa shape index (κ1) is 17.4. The quantitative estimate of drug-likeness (QED) is 0.520. The van der Waals surface area contributed by atoms with Crippen molar-refractivity contribution in [2.45, 2.75) is 84.2 Å². The fraction of sp³-hybridized carbons (Fsp3) is 0.636. The Morgan fingerprint density at radius 1 is 1.21 bits per heavy atom. The number of unbranched alkanes of at least 4 members (excludes halogenated alkanes) is 2. The second-order valence-corrected chi connectivity index (χ2v) is 8.06. The zero-order valence-electron chi connectivity index (χ0n) is 15.7. The fourth-order valence-corrected chi connectivity index (χ4v) is 4.53. The van der Waals surface area contributed by atoms with Gasteiger partial charge in [0.2, 0.25) is 0 Å². The highest BCUT2D eigenvalue weighted by Crippen LogP contribution is 2.54. The van der Waals surface area contributed by atoms with E-state index in [9.17, 15) is 5.11 Å². The van der Waals surface area contributed by atoms with E-state index in [1.807, 2.05) is 6.07 Å². The molecular weight excluding hydrogens is 296 g/mol. The van der Waals surface area contributed by atoms with E-state index in [1.165, 1.54) is 30.4 Å². The average Bonchev–Trinajstić information content (AvgIpc) is 2.53. The Hall–Kier alpha value is -1.44. The summed E-state index contributed by atoms with van der Waals surface area (Å²) in [6.45, 7) is 8.87. The van der Waals surface area contributed by atoms with Gasteiger partial charge in [-0.2, -0.15) is 0 Å². The number of fused-ring (bicyclic) bond motifs is 3. The van der Waals surface area contributed by atoms with Gasteiger partial charge in [0, 0.05) is 17.4 Å². The molecule has 0 amide bonds. The summed E-state index contributed by atoms with van der Waals surface area (Å²) >= 11 is 0. The second kappa shape index (κ2) is 6.82. The monoisotopic (exact) mass is 328 g/mol. The molecule has 1 aromatic rings. The molecule has 132 valence electrons. The highest BCUT2D eigenvalue weighted by atomic mass is 16.5. The minimum Gasteiger partial charge on any atom is -0.508 e. The van der Waals surface area contributed by atoms with E-state index < -0.39 is 0 Å². The van der Waals surface area contributed by atoms with Crippen molar-refractivity contribution >= 4 is 0 Å². The van der Waals surface area contributed by atoms with Crippen LogP contribution < -0.4 is 4.74 Å². The molecule has 1 aromatic carbocycles. The van der Waals surface area contributed by atoms with E-state index in [-0.39, 0.29) is 5.60 Å². The van der Waals surface area contributed by atoms with Crippen LogP contribution in [0.15, 0.2) is 23.8 Å². The molecule has 0 radical (unpaired) electrons. The number of benzene rings is 1. The third-order valence-corrected chi connectivity index (χ3v) is 5.97. The second-order valence-electron chi connectivity index (χ2n) is 8.06. The van der Waals surface area contributed by atoms with Gasteiger partial charge in [0.05, 0.1) is 0 Å². The maximum absolute atomic E-state index is 10.8. The maximum atomic E-state index is 10.8. The maximum Gasteiger partial charge on any atom is 0.127 e. The van der Waals surface area contributed by atoms with Crippen LogP contribution in [0.1, 0.15) is 83.3 Å². The predicted molar refractivity (Wildman–Crippen MR) is 99.9 cm³/mol. The van der Waals surface area contributed by atoms with Crippen LogP contribution in [0.4, 0.5) is 0 Å². The van der Waals surface area contributed by atoms with Crippen molar-refractivity contribution in [3.63, 3.8) is 0 Å². The normalized spacial score (nSPS) is 24.6. The van der Waals surface area contributed by atoms with Crippen molar-refractivity contribution in [1.82, 2.24) is 0 Å². The molecule has 0 spiro atoms. The molecule has 2 unspecified atom stereocenters. The summed E-state index contributed by atoms with van der Waals surface area (Å²) in [6, 6.07) is 4.17. The first-order valence-electron chi connectivity index (χ1n) is 9.69. The zero-order valence-corrected chi connectivity index (χ0v) is 15.7. The van der Waals surface area contributed by atoms with E-state index in [4.69, 9.17) is 4.74 Å². The van der Waals surface area contributed by atoms with Crippen LogP contribution in [0.2, 0.25) is 0 Å². The Morgan fingerprint density at radius 3 is 2.71 bits per heavy atom. The van der Waals surface area contributed by atoms with E-state index >= 15 is 0 Å². The van der Waals surface area contributed by atoms with Crippen LogP contribution in [-0.2, 0) is 6.42 Å². The van der Waals surface area contributed by atoms with Gasteiger partial charge >= 0.3 is 0 Å². The fourth-order valence-electron chi connectivity index (χ4n) is 4.53. The van der Waals surface area contributed by atoms with Crippen LogP contribution in [0.3, 0.4) is 0 Å². The van der Waals surface area contributed by atoms with Gasteiger partial charge in [-0.25, -0.2) is 0 Å². The van der Waals surface area contributed by atoms with Crippen molar-refractivity contribution in [3.05, 3.63) is 34.9 Å². The minimum atomic E-state index is -0.179. The number of hydrogen-bond acceptors (Lipinski definition) is 2. The van der Waals surface area contributed by atoms with Gasteiger partial charge in [0.15, 0.2) is 0 Å². The van der Waals surface area contributed by atoms with E-state index in [1.54, 1.807) is 0 Å². The number of phenols is 1. The number of rotatable bonds is 5. The van der Waals surface area contributed by atoms with Crippen molar-refractivity contribution in [2.24, 2.45) is 5.92 Å². The van der Waals surface area contributed by atoms with Crippen LogP contribution >= 0.6 is 0 Å². The van der Waals surface area contributed by atoms with Gasteiger partial charge in [-0.3, -0.25) is 0 Å². The topological polar surface area (TPSA) is 29.5 Å². The molecule has 2 aliphatic rings. The number of hydrogen-bond donors (Lipinski definition) is 1. The van der Waals surface area contributed by atoms with Crippen molar-refractivity contribution < 1.29 is 9.84 Å². The van der Waals surface area contributed by atoms with Crippen LogP contribution in [0, 0.1) is 5.92 Å². The molecule has 0 bridgehead atoms. The van der Waals surface area contributed by atoms with E-state index in [0.717, 1.165) is 37.0 Å². The lowest BCUT2D eigenvalue weighted by Gasteiger charge is -2.47. The molecule has 24 heavy (non-hydrogen) atoms. The molecule has 2 atom stereocenters. The molecule has 0 saturated heterocycles. The molecule has 0 fully saturated rings. The minimum absolute atomic E-state index is 0.179. The van der Waals surface area contributed by atoms with E-state index in [2.05, 4.69) is 39.8 Å². The van der Waals surface area contributed by atoms with E-state index in [0.29, 0.717) is 17.6 Å². The SMILES string of the molecule is CCCCCc1cc(O)c2c(c1)OC(C)(C)C1CC=C(CC)CC21. The van der Waals surface area contributed by atoms with Gasteiger partial charge in [-0.05, 0) is 63.6 Å². The van der Waals surface area contributed by atoms with Crippen molar-refractivity contribution in [2.75, 3.05) is 0 Å². The predicted octanol–water partition coefficient (Wildman–Crippen LogP) is 6.13. The van der Waals surface area contributed by atoms with Crippen LogP contribution in [0.25, 0.3) is 0 Å². The number of phenolic OH excluding ortho intramolecular Hbond substituents is 1. The van der Waals surface area contributed by atoms with Crippen molar-refractivity contribution in [3.8, 4) is 11.5 Å². The smallest absolute Gasteiger partial charge is 0.127 e. The zero-order chi connectivity index (χ0) is 17.3. The van der Waals surface area contributed by atoms with Crippen LogP contribution in [-0.4, -0.2) is 10.7 Å². The Kier molecular flexibility index (Phi) is 4.94. The van der Waals surface area contributed by atoms with Gasteiger partial charge < -0.3 is 9.84 Å².